The van der Waals surface area contributed by atoms with Crippen molar-refractivity contribution >= 4 is 27.5 Å². The minimum absolute atomic E-state index is 0.0886. The molecule has 3 rings (SSSR count). The maximum atomic E-state index is 13.1. The molecule has 2 aliphatic heterocycles. The third kappa shape index (κ3) is 4.62. The Morgan fingerprint density at radius 1 is 1.14 bits per heavy atom. The lowest BCUT2D eigenvalue weighted by Crippen LogP contribution is -2.51. The van der Waals surface area contributed by atoms with Crippen molar-refractivity contribution in [3.05, 3.63) is 23.2 Å². The number of amides is 1. The van der Waals surface area contributed by atoms with Gasteiger partial charge in [0.1, 0.15) is 10.6 Å². The van der Waals surface area contributed by atoms with E-state index in [4.69, 9.17) is 16.3 Å². The minimum Gasteiger partial charge on any atom is -0.492 e. The second kappa shape index (κ2) is 8.98. The molecule has 2 heterocycles. The number of halogens is 1. The molecule has 0 unspecified atom stereocenters. The molecule has 1 amide bonds. The number of likely N-dealkylation sites (N-methyl/N-ethyl adjacent to an activating group) is 1. The lowest BCUT2D eigenvalue weighted by atomic mass is 9.96. The Bertz CT molecular complexity index is 801. The van der Waals surface area contributed by atoms with Gasteiger partial charge in [0, 0.05) is 50.2 Å². The Morgan fingerprint density at radius 3 is 2.39 bits per heavy atom. The maximum Gasteiger partial charge on any atom is 0.246 e. The SMILES string of the molecule is CCOc1ccc(Cl)cc1S(=O)(=O)N1CCC(C(=O)N2CCN(C)CC2)CC1. The number of piperidine rings is 1. The first-order chi connectivity index (χ1) is 13.3. The third-order valence-electron chi connectivity index (χ3n) is 5.44. The number of carbonyl (C=O) groups is 1. The van der Waals surface area contributed by atoms with E-state index in [-0.39, 0.29) is 16.7 Å². The highest BCUT2D eigenvalue weighted by atomic mass is 35.5. The van der Waals surface area contributed by atoms with E-state index in [1.165, 1.54) is 10.4 Å². The summed E-state index contributed by atoms with van der Waals surface area (Å²) in [7, 11) is -1.67. The van der Waals surface area contributed by atoms with Crippen molar-refractivity contribution in [2.24, 2.45) is 5.92 Å². The molecule has 0 aliphatic carbocycles. The van der Waals surface area contributed by atoms with Gasteiger partial charge in [-0.15, -0.1) is 0 Å². The first kappa shape index (κ1) is 21.4. The quantitative estimate of drug-likeness (QED) is 0.715. The monoisotopic (exact) mass is 429 g/mol. The van der Waals surface area contributed by atoms with Gasteiger partial charge in [-0.3, -0.25) is 4.79 Å². The van der Waals surface area contributed by atoms with Crippen molar-refractivity contribution in [2.45, 2.75) is 24.7 Å². The first-order valence-corrected chi connectivity index (χ1v) is 11.5. The van der Waals surface area contributed by atoms with Crippen molar-refractivity contribution in [1.82, 2.24) is 14.1 Å². The average Bonchev–Trinajstić information content (AvgIpc) is 2.69. The highest BCUT2D eigenvalue weighted by Gasteiger charge is 2.35. The van der Waals surface area contributed by atoms with Crippen LogP contribution in [0.25, 0.3) is 0 Å². The van der Waals surface area contributed by atoms with Crippen LogP contribution in [0.15, 0.2) is 23.1 Å². The highest BCUT2D eigenvalue weighted by Crippen LogP contribution is 2.32. The van der Waals surface area contributed by atoms with Crippen LogP contribution in [0.5, 0.6) is 5.75 Å². The lowest BCUT2D eigenvalue weighted by molar-refractivity contribution is -0.138. The second-order valence-electron chi connectivity index (χ2n) is 7.33. The van der Waals surface area contributed by atoms with Crippen LogP contribution < -0.4 is 4.74 Å². The number of piperazine rings is 1. The summed E-state index contributed by atoms with van der Waals surface area (Å²) in [4.78, 5) is 17.0. The van der Waals surface area contributed by atoms with E-state index in [1.54, 1.807) is 19.1 Å². The molecule has 9 heteroatoms. The Kier molecular flexibility index (Phi) is 6.85. The molecule has 2 aliphatic rings. The molecule has 0 bridgehead atoms. The zero-order chi connectivity index (χ0) is 20.3. The number of nitrogens with zero attached hydrogens (tertiary/aromatic N) is 3. The van der Waals surface area contributed by atoms with E-state index in [2.05, 4.69) is 11.9 Å². The third-order valence-corrected chi connectivity index (χ3v) is 7.60. The van der Waals surface area contributed by atoms with E-state index < -0.39 is 10.0 Å². The largest absolute Gasteiger partial charge is 0.492 e. The van der Waals surface area contributed by atoms with E-state index in [1.807, 2.05) is 4.90 Å². The van der Waals surface area contributed by atoms with Crippen molar-refractivity contribution in [1.29, 1.82) is 0 Å². The number of carbonyl (C=O) groups excluding carboxylic acids is 1. The van der Waals surface area contributed by atoms with Gasteiger partial charge in [-0.1, -0.05) is 11.6 Å². The predicted molar refractivity (Wildman–Crippen MR) is 108 cm³/mol. The number of benzene rings is 1. The zero-order valence-electron chi connectivity index (χ0n) is 16.4. The first-order valence-electron chi connectivity index (χ1n) is 9.72. The van der Waals surface area contributed by atoms with E-state index in [9.17, 15) is 13.2 Å². The van der Waals surface area contributed by atoms with Gasteiger partial charge in [-0.2, -0.15) is 4.31 Å². The van der Waals surface area contributed by atoms with Crippen LogP contribution in [0.2, 0.25) is 5.02 Å². The second-order valence-corrected chi connectivity index (χ2v) is 9.67. The summed E-state index contributed by atoms with van der Waals surface area (Å²) in [6.45, 7) is 6.07. The molecule has 0 radical (unpaired) electrons. The van der Waals surface area contributed by atoms with E-state index >= 15 is 0 Å². The van der Waals surface area contributed by atoms with E-state index in [0.29, 0.717) is 43.3 Å². The molecular formula is C19H28ClN3O4S. The van der Waals surface area contributed by atoms with E-state index in [0.717, 1.165) is 26.2 Å². The molecule has 1 aromatic rings. The van der Waals surface area contributed by atoms with Crippen LogP contribution in [0, 0.1) is 5.92 Å². The lowest BCUT2D eigenvalue weighted by Gasteiger charge is -2.37. The molecule has 0 atom stereocenters. The molecule has 156 valence electrons. The summed E-state index contributed by atoms with van der Waals surface area (Å²) < 4.78 is 33.2. The Hall–Kier alpha value is -1.35. The van der Waals surface area contributed by atoms with Gasteiger partial charge in [0.05, 0.1) is 6.61 Å². The van der Waals surface area contributed by atoms with Crippen LogP contribution >= 0.6 is 11.6 Å². The van der Waals surface area contributed by atoms with Crippen LogP contribution in [0.3, 0.4) is 0 Å². The summed E-state index contributed by atoms with van der Waals surface area (Å²) in [5.41, 5.74) is 0. The number of sulfonamides is 1. The smallest absolute Gasteiger partial charge is 0.246 e. The number of hydrogen-bond acceptors (Lipinski definition) is 5. The summed E-state index contributed by atoms with van der Waals surface area (Å²) in [6.07, 6.45) is 1.07. The fraction of sp³-hybridized carbons (Fsp3) is 0.632. The Balaban J connectivity index is 1.67. The molecule has 0 aromatic heterocycles. The standard InChI is InChI=1S/C19H28ClN3O4S/c1-3-27-17-5-4-16(20)14-18(17)28(25,26)23-8-6-15(7-9-23)19(24)22-12-10-21(2)11-13-22/h4-5,14-15H,3,6-13H2,1-2H3. The van der Waals surface area contributed by atoms with Gasteiger partial charge in [0.15, 0.2) is 0 Å². The average molecular weight is 430 g/mol. The molecule has 2 saturated heterocycles. The normalized spacial score (nSPS) is 20.3. The van der Waals surface area contributed by atoms with Gasteiger partial charge in [-0.25, -0.2) is 8.42 Å². The molecule has 1 aromatic carbocycles. The summed E-state index contributed by atoms with van der Waals surface area (Å²) in [5, 5.41) is 0.349. The van der Waals surface area contributed by atoms with Gasteiger partial charge in [0.25, 0.3) is 0 Å². The number of hydrogen-bond donors (Lipinski definition) is 0. The Morgan fingerprint density at radius 2 is 1.79 bits per heavy atom. The molecule has 28 heavy (non-hydrogen) atoms. The van der Waals surface area contributed by atoms with Crippen LogP contribution in [-0.4, -0.2) is 81.4 Å². The fourth-order valence-electron chi connectivity index (χ4n) is 3.73. The topological polar surface area (TPSA) is 70.2 Å². The van der Waals surface area contributed by atoms with Gasteiger partial charge in [0.2, 0.25) is 15.9 Å². The van der Waals surface area contributed by atoms with Crippen molar-refractivity contribution in [3.63, 3.8) is 0 Å². The molecule has 2 fully saturated rings. The van der Waals surface area contributed by atoms with Crippen molar-refractivity contribution in [2.75, 3.05) is 52.9 Å². The fourth-order valence-corrected chi connectivity index (χ4v) is 5.59. The molecule has 0 N–H and O–H groups in total. The number of ether oxygens (including phenoxy) is 1. The molecule has 7 nitrogen and oxygen atoms in total. The molecule has 0 spiro atoms. The minimum atomic E-state index is -3.73. The summed E-state index contributed by atoms with van der Waals surface area (Å²) in [5.74, 6) is 0.353. The number of rotatable bonds is 5. The van der Waals surface area contributed by atoms with Gasteiger partial charge in [-0.05, 0) is 45.0 Å². The van der Waals surface area contributed by atoms with Crippen LogP contribution in [0.4, 0.5) is 0 Å². The molecule has 0 saturated carbocycles. The summed E-state index contributed by atoms with van der Waals surface area (Å²) in [6, 6.07) is 4.64. The Labute approximate surface area is 172 Å². The zero-order valence-corrected chi connectivity index (χ0v) is 18.0. The van der Waals surface area contributed by atoms with Crippen molar-refractivity contribution in [3.8, 4) is 5.75 Å². The van der Waals surface area contributed by atoms with Crippen LogP contribution in [0.1, 0.15) is 19.8 Å². The summed E-state index contributed by atoms with van der Waals surface area (Å²) >= 11 is 6.03. The highest BCUT2D eigenvalue weighted by molar-refractivity contribution is 7.89. The maximum absolute atomic E-state index is 13.1. The predicted octanol–water partition coefficient (Wildman–Crippen LogP) is 1.91. The van der Waals surface area contributed by atoms with Gasteiger partial charge >= 0.3 is 0 Å². The van der Waals surface area contributed by atoms with Crippen molar-refractivity contribution < 1.29 is 17.9 Å². The molecular weight excluding hydrogens is 402 g/mol. The van der Waals surface area contributed by atoms with Gasteiger partial charge < -0.3 is 14.5 Å². The van der Waals surface area contributed by atoms with Crippen LogP contribution in [-0.2, 0) is 14.8 Å².